The summed E-state index contributed by atoms with van der Waals surface area (Å²) in [6.45, 7) is 18.6. The number of primary amides is 3. The number of benzene rings is 1. The predicted octanol–water partition coefficient (Wildman–Crippen LogP) is -0.201. The fourth-order valence-electron chi connectivity index (χ4n) is 10.7. The minimum absolute atomic E-state index is 0.0237. The second kappa shape index (κ2) is 38.8. The van der Waals surface area contributed by atoms with Crippen LogP contribution in [0, 0.1) is 5.92 Å². The highest BCUT2D eigenvalue weighted by Crippen LogP contribution is 2.25. The third-order valence-electron chi connectivity index (χ3n) is 16.4. The number of nitrogens with one attached hydrogen (secondary N) is 10. The second-order valence-electron chi connectivity index (χ2n) is 26.7. The number of aromatic hydroxyl groups is 1. The average molecular weight is 1340 g/mol. The van der Waals surface area contributed by atoms with Gasteiger partial charge in [0.15, 0.2) is 0 Å². The second-order valence-corrected chi connectivity index (χ2v) is 26.7. The van der Waals surface area contributed by atoms with Gasteiger partial charge in [0.2, 0.25) is 82.7 Å². The Morgan fingerprint density at radius 1 is 0.547 bits per heavy atom. The molecule has 1 aromatic carbocycles. The van der Waals surface area contributed by atoms with Crippen molar-refractivity contribution >= 4 is 82.7 Å². The molecule has 0 saturated carbocycles. The Labute approximate surface area is 557 Å². The van der Waals surface area contributed by atoms with Crippen LogP contribution in [0.5, 0.6) is 5.75 Å². The Balaban J connectivity index is 2.43. The van der Waals surface area contributed by atoms with Gasteiger partial charge in [0.05, 0.1) is 12.6 Å². The van der Waals surface area contributed by atoms with Crippen LogP contribution in [-0.2, 0) is 73.5 Å². The van der Waals surface area contributed by atoms with Gasteiger partial charge in [-0.3, -0.25) is 67.1 Å². The van der Waals surface area contributed by atoms with E-state index in [2.05, 4.69) is 60.1 Å². The molecule has 1 aliphatic heterocycles. The molecule has 534 valence electrons. The Hall–Kier alpha value is -8.44. The number of rotatable bonds is 43. The van der Waals surface area contributed by atoms with Crippen molar-refractivity contribution in [3.8, 4) is 5.75 Å². The number of phenolic OH excluding ortho intramolecular Hbond substituents is 1. The maximum atomic E-state index is 14.4. The number of hydrogen-bond donors (Lipinski definition) is 15. The number of likely N-dealkylation sites (tertiary alicyclic amines) is 1. The van der Waals surface area contributed by atoms with E-state index in [4.69, 9.17) is 17.2 Å². The Morgan fingerprint density at radius 2 is 1.05 bits per heavy atom. The molecule has 30 nitrogen and oxygen atoms in total. The first-order valence-electron chi connectivity index (χ1n) is 32.9. The summed E-state index contributed by atoms with van der Waals surface area (Å²) in [5.41, 5.74) is 9.82. The molecule has 0 aliphatic carbocycles. The molecule has 8 atom stereocenters. The lowest BCUT2D eigenvalue weighted by Crippen LogP contribution is -2.67. The van der Waals surface area contributed by atoms with E-state index in [0.717, 1.165) is 25.7 Å². The van der Waals surface area contributed by atoms with E-state index in [-0.39, 0.29) is 82.1 Å². The van der Waals surface area contributed by atoms with Gasteiger partial charge >= 0.3 is 0 Å². The lowest BCUT2D eigenvalue weighted by atomic mass is 9.87. The van der Waals surface area contributed by atoms with E-state index in [0.29, 0.717) is 24.8 Å². The Kier molecular flexibility index (Phi) is 33.8. The van der Waals surface area contributed by atoms with Crippen molar-refractivity contribution in [3.63, 3.8) is 0 Å². The summed E-state index contributed by atoms with van der Waals surface area (Å²) in [6, 6.07) is -3.32. The molecule has 95 heavy (non-hydrogen) atoms. The van der Waals surface area contributed by atoms with E-state index in [1.54, 1.807) is 27.7 Å². The van der Waals surface area contributed by atoms with Crippen LogP contribution in [0.4, 0.5) is 0 Å². The first-order chi connectivity index (χ1) is 44.3. The van der Waals surface area contributed by atoms with E-state index in [9.17, 15) is 77.3 Å². The lowest BCUT2D eigenvalue weighted by Gasteiger charge is -2.37. The molecule has 1 heterocycles. The molecule has 18 N–H and O–H groups in total. The van der Waals surface area contributed by atoms with Crippen molar-refractivity contribution in [2.24, 2.45) is 23.1 Å². The van der Waals surface area contributed by atoms with E-state index >= 15 is 0 Å². The van der Waals surface area contributed by atoms with Crippen LogP contribution in [-0.4, -0.2) is 175 Å². The summed E-state index contributed by atoms with van der Waals surface area (Å²) < 4.78 is 0. The molecule has 0 bridgehead atoms. The maximum Gasteiger partial charge on any atom is 0.248 e. The number of nitrogens with two attached hydrogens (primary N) is 3. The first kappa shape index (κ1) is 82.7. The molecule has 0 radical (unpaired) electrons. The fraction of sp³-hybridized carbons (Fsp3) is 0.692. The van der Waals surface area contributed by atoms with Crippen LogP contribution in [0.3, 0.4) is 0 Å². The monoisotopic (exact) mass is 1340 g/mol. The Bertz CT molecular complexity index is 2850. The molecular weight excluding hydrogens is 1230 g/mol. The van der Waals surface area contributed by atoms with Crippen molar-refractivity contribution in [2.45, 2.75) is 270 Å². The number of phenols is 1. The lowest BCUT2D eigenvalue weighted by molar-refractivity contribution is -0.145. The molecular formula is C65H108N14O16. The largest absolute Gasteiger partial charge is 0.508 e. The summed E-state index contributed by atoms with van der Waals surface area (Å²) >= 11 is 0. The summed E-state index contributed by atoms with van der Waals surface area (Å²) in [4.78, 5) is 192. The molecule has 1 aliphatic rings. The van der Waals surface area contributed by atoms with Gasteiger partial charge in [0, 0.05) is 38.6 Å². The number of nitrogens with zero attached hydrogens (tertiary/aromatic N) is 1. The summed E-state index contributed by atoms with van der Waals surface area (Å²) in [6.07, 6.45) is 3.28. The third-order valence-corrected chi connectivity index (χ3v) is 16.4. The molecule has 30 heteroatoms. The highest BCUT2D eigenvalue weighted by atomic mass is 16.3. The molecule has 0 aromatic heterocycles. The molecule has 1 aromatic rings. The molecule has 14 amide bonds. The number of amides is 14. The van der Waals surface area contributed by atoms with Gasteiger partial charge in [-0.2, -0.15) is 0 Å². The van der Waals surface area contributed by atoms with Gasteiger partial charge < -0.3 is 85.5 Å². The molecule has 1 fully saturated rings. The molecule has 1 saturated heterocycles. The zero-order valence-electron chi connectivity index (χ0n) is 57.6. The standard InChI is InChI=1S/C65H108N14O16/c1-13-16-17-18-19-22-51(85)75-64(11,12)61(95)79-34-20-21-47(79)57(91)72-46(36-40-23-25-42(81)26-24-40)56(90)77-62(7,8)58(92)73-44(28-31-49(67)83)54(88)71-45(29-32-50(68)84)55(89)76-63(9,10)59(93)78-65(15-3,33-14-2)60(94)74-43(27-30-48(66)82)53(87)69-39(6)52(86)70-41(37-80)35-38(4)5/h23-26,38-39,41,43-47,80-81H,13-22,27-37H2,1-12H3,(H2,66,82)(H2,67,83)(H2,68,84)(H,69,87)(H,70,86)(H,71,88)(H,72,91)(H,73,92)(H,74,94)(H,75,85)(H,76,89)(H,77,90)(H,78,93)/t39-,41-,43-,44-,45-,46-,47+,65-/m0/s1. The van der Waals surface area contributed by atoms with Crippen molar-refractivity contribution in [2.75, 3.05) is 13.2 Å². The number of aliphatic hydroxyl groups excluding tert-OH is 1. The van der Waals surface area contributed by atoms with Gasteiger partial charge in [0.1, 0.15) is 64.2 Å². The quantitative estimate of drug-likeness (QED) is 0.0377. The minimum Gasteiger partial charge on any atom is -0.508 e. The van der Waals surface area contributed by atoms with Gasteiger partial charge in [-0.05, 0) is 130 Å². The van der Waals surface area contributed by atoms with Crippen molar-refractivity contribution < 1.29 is 77.3 Å². The zero-order chi connectivity index (χ0) is 72.2. The van der Waals surface area contributed by atoms with Crippen molar-refractivity contribution in [1.82, 2.24) is 58.1 Å². The summed E-state index contributed by atoms with van der Waals surface area (Å²) in [5.74, 6) is -11.5. The predicted molar refractivity (Wildman–Crippen MR) is 352 cm³/mol. The van der Waals surface area contributed by atoms with Gasteiger partial charge in [0.25, 0.3) is 0 Å². The van der Waals surface area contributed by atoms with Crippen LogP contribution >= 0.6 is 0 Å². The first-order valence-corrected chi connectivity index (χ1v) is 32.9. The van der Waals surface area contributed by atoms with Crippen LogP contribution in [0.25, 0.3) is 0 Å². The molecule has 0 spiro atoms. The SMILES string of the molecule is CCCCCCCC(=O)NC(C)(C)C(=O)N1CCC[C@@H]1C(=O)N[C@@H](Cc1ccc(O)cc1)C(=O)NC(C)(C)C(=O)N[C@@H](CCC(N)=O)C(=O)N[C@@H](CCC(N)=O)C(=O)NC(C)(C)C(=O)N[C@@](CC)(CCC)C(=O)N[C@@H](CCC(N)=O)C(=O)N[C@@H](C)C(=O)N[C@H](CO)CC(C)C. The van der Waals surface area contributed by atoms with Gasteiger partial charge in [-0.25, -0.2) is 0 Å². The Morgan fingerprint density at radius 3 is 1.56 bits per heavy atom. The minimum atomic E-state index is -1.94. The number of hydrogen-bond acceptors (Lipinski definition) is 16. The maximum absolute atomic E-state index is 14.4. The van der Waals surface area contributed by atoms with E-state index in [1.165, 1.54) is 63.8 Å². The summed E-state index contributed by atoms with van der Waals surface area (Å²) in [7, 11) is 0. The van der Waals surface area contributed by atoms with Crippen molar-refractivity contribution in [1.29, 1.82) is 0 Å². The average Bonchev–Trinajstić information content (AvgIpc) is 1.81. The van der Waals surface area contributed by atoms with Gasteiger partial charge in [-0.1, -0.05) is 78.9 Å². The van der Waals surface area contributed by atoms with Crippen molar-refractivity contribution in [3.05, 3.63) is 29.8 Å². The topological polar surface area (TPSA) is 481 Å². The normalized spacial score (nSPS) is 15.8. The van der Waals surface area contributed by atoms with E-state index < -0.39 is 167 Å². The third kappa shape index (κ3) is 27.8. The fourth-order valence-corrected chi connectivity index (χ4v) is 10.7. The zero-order valence-corrected chi connectivity index (χ0v) is 57.6. The smallest absolute Gasteiger partial charge is 0.248 e. The van der Waals surface area contributed by atoms with Crippen LogP contribution in [0.15, 0.2) is 24.3 Å². The van der Waals surface area contributed by atoms with Crippen LogP contribution < -0.4 is 70.4 Å². The highest BCUT2D eigenvalue weighted by molar-refractivity contribution is 6.02. The molecule has 0 unspecified atom stereocenters. The van der Waals surface area contributed by atoms with Crippen LogP contribution in [0.1, 0.15) is 204 Å². The number of carbonyl (C=O) groups excluding carboxylic acids is 14. The highest BCUT2D eigenvalue weighted by Gasteiger charge is 2.46. The van der Waals surface area contributed by atoms with Gasteiger partial charge in [-0.15, -0.1) is 0 Å². The van der Waals surface area contributed by atoms with Crippen LogP contribution in [0.2, 0.25) is 0 Å². The molecule has 2 rings (SSSR count). The number of aliphatic hydroxyl groups is 1. The summed E-state index contributed by atoms with van der Waals surface area (Å²) in [5, 5.41) is 46.0. The number of carbonyl (C=O) groups is 14. The number of unbranched alkanes of at least 4 members (excludes halogenated alkanes) is 4. The van der Waals surface area contributed by atoms with E-state index in [1.807, 2.05) is 13.8 Å².